The molecule has 1 N–H and O–H groups in total. The SMILES string of the molecule is O=C(Nc1cc(F)ccc1F)c1nnn(Cc2ccc(Cl)cc2)c1-n1cccc1. The third kappa shape index (κ3) is 4.02. The van der Waals surface area contributed by atoms with E-state index in [-0.39, 0.29) is 11.4 Å². The predicted octanol–water partition coefficient (Wildman–Crippen LogP) is 4.30. The van der Waals surface area contributed by atoms with Crippen LogP contribution in [0.3, 0.4) is 0 Å². The van der Waals surface area contributed by atoms with Crippen molar-refractivity contribution in [1.29, 1.82) is 0 Å². The molecule has 146 valence electrons. The van der Waals surface area contributed by atoms with Crippen LogP contribution in [0.2, 0.25) is 5.02 Å². The van der Waals surface area contributed by atoms with Crippen molar-refractivity contribution < 1.29 is 13.6 Å². The Morgan fingerprint density at radius 1 is 1.07 bits per heavy atom. The van der Waals surface area contributed by atoms with Gasteiger partial charge in [0.25, 0.3) is 5.91 Å². The van der Waals surface area contributed by atoms with Crippen molar-refractivity contribution in [2.45, 2.75) is 6.54 Å². The Balaban J connectivity index is 1.69. The summed E-state index contributed by atoms with van der Waals surface area (Å²) in [6.45, 7) is 0.333. The van der Waals surface area contributed by atoms with Gasteiger partial charge in [-0.2, -0.15) is 0 Å². The Hall–Kier alpha value is -3.52. The molecule has 0 spiro atoms. The van der Waals surface area contributed by atoms with Gasteiger partial charge in [0.1, 0.15) is 11.6 Å². The summed E-state index contributed by atoms with van der Waals surface area (Å²) in [5.74, 6) is -1.74. The van der Waals surface area contributed by atoms with E-state index in [0.29, 0.717) is 17.4 Å². The van der Waals surface area contributed by atoms with Crippen LogP contribution in [0.1, 0.15) is 16.1 Å². The number of halogens is 3. The van der Waals surface area contributed by atoms with E-state index in [1.165, 1.54) is 0 Å². The summed E-state index contributed by atoms with van der Waals surface area (Å²) >= 11 is 5.92. The van der Waals surface area contributed by atoms with Gasteiger partial charge in [0, 0.05) is 23.5 Å². The average Bonchev–Trinajstić information content (AvgIpc) is 3.36. The minimum atomic E-state index is -0.754. The number of aromatic nitrogens is 4. The highest BCUT2D eigenvalue weighted by Crippen LogP contribution is 2.20. The second-order valence-corrected chi connectivity index (χ2v) is 6.65. The normalized spacial score (nSPS) is 10.9. The number of carbonyl (C=O) groups excluding carboxylic acids is 1. The maximum atomic E-state index is 13.9. The molecule has 0 atom stereocenters. The predicted molar refractivity (Wildman–Crippen MR) is 104 cm³/mol. The van der Waals surface area contributed by atoms with Gasteiger partial charge in [0.05, 0.1) is 12.2 Å². The van der Waals surface area contributed by atoms with E-state index in [9.17, 15) is 13.6 Å². The topological polar surface area (TPSA) is 64.7 Å². The molecule has 6 nitrogen and oxygen atoms in total. The summed E-state index contributed by atoms with van der Waals surface area (Å²) in [5.41, 5.74) is 0.593. The van der Waals surface area contributed by atoms with Crippen LogP contribution in [0.4, 0.5) is 14.5 Å². The summed E-state index contributed by atoms with van der Waals surface area (Å²) in [6.07, 6.45) is 3.47. The number of nitrogens with one attached hydrogen (secondary N) is 1. The number of nitrogens with zero attached hydrogens (tertiary/aromatic N) is 4. The van der Waals surface area contributed by atoms with Gasteiger partial charge in [0.15, 0.2) is 11.5 Å². The molecule has 29 heavy (non-hydrogen) atoms. The van der Waals surface area contributed by atoms with Gasteiger partial charge in [-0.05, 0) is 42.0 Å². The van der Waals surface area contributed by atoms with Crippen LogP contribution in [-0.4, -0.2) is 25.5 Å². The van der Waals surface area contributed by atoms with E-state index in [2.05, 4.69) is 15.6 Å². The zero-order valence-electron chi connectivity index (χ0n) is 14.9. The number of hydrogen-bond donors (Lipinski definition) is 1. The van der Waals surface area contributed by atoms with Crippen molar-refractivity contribution in [1.82, 2.24) is 19.6 Å². The molecule has 0 aliphatic carbocycles. The molecule has 0 aliphatic heterocycles. The summed E-state index contributed by atoms with van der Waals surface area (Å²) in [6, 6.07) is 13.6. The van der Waals surface area contributed by atoms with Gasteiger partial charge >= 0.3 is 0 Å². The van der Waals surface area contributed by atoms with Crippen molar-refractivity contribution in [2.24, 2.45) is 0 Å². The Kier molecular flexibility index (Phi) is 5.09. The Morgan fingerprint density at radius 2 is 1.79 bits per heavy atom. The molecule has 1 amide bonds. The fraction of sp³-hybridized carbons (Fsp3) is 0.0500. The molecular formula is C20H14ClF2N5O. The lowest BCUT2D eigenvalue weighted by Crippen LogP contribution is -2.17. The average molecular weight is 414 g/mol. The molecule has 0 fully saturated rings. The lowest BCUT2D eigenvalue weighted by Gasteiger charge is -2.10. The van der Waals surface area contributed by atoms with Crippen LogP contribution < -0.4 is 5.32 Å². The van der Waals surface area contributed by atoms with E-state index in [4.69, 9.17) is 11.6 Å². The largest absolute Gasteiger partial charge is 0.318 e. The Morgan fingerprint density at radius 3 is 2.52 bits per heavy atom. The van der Waals surface area contributed by atoms with E-state index in [0.717, 1.165) is 23.8 Å². The Labute approximate surface area is 169 Å². The zero-order chi connectivity index (χ0) is 20.4. The molecule has 0 unspecified atom stereocenters. The number of anilines is 1. The maximum Gasteiger partial charge on any atom is 0.280 e. The molecule has 2 aromatic heterocycles. The quantitative estimate of drug-likeness (QED) is 0.530. The number of amides is 1. The highest BCUT2D eigenvalue weighted by molar-refractivity contribution is 6.30. The van der Waals surface area contributed by atoms with E-state index in [1.54, 1.807) is 45.9 Å². The van der Waals surface area contributed by atoms with E-state index in [1.807, 2.05) is 12.1 Å². The van der Waals surface area contributed by atoms with Crippen LogP contribution >= 0.6 is 11.6 Å². The fourth-order valence-electron chi connectivity index (χ4n) is 2.83. The fourth-order valence-corrected chi connectivity index (χ4v) is 2.96. The monoisotopic (exact) mass is 413 g/mol. The molecule has 0 aliphatic rings. The summed E-state index contributed by atoms with van der Waals surface area (Å²) in [7, 11) is 0. The van der Waals surface area contributed by atoms with Crippen molar-refractivity contribution in [2.75, 3.05) is 5.32 Å². The molecule has 9 heteroatoms. The third-order valence-electron chi connectivity index (χ3n) is 4.20. The first-order valence-corrected chi connectivity index (χ1v) is 8.97. The lowest BCUT2D eigenvalue weighted by atomic mass is 10.2. The number of carbonyl (C=O) groups is 1. The van der Waals surface area contributed by atoms with Crippen molar-refractivity contribution >= 4 is 23.2 Å². The summed E-state index contributed by atoms with van der Waals surface area (Å²) in [5, 5.41) is 11.0. The van der Waals surface area contributed by atoms with Crippen LogP contribution in [-0.2, 0) is 6.54 Å². The molecule has 2 aromatic carbocycles. The van der Waals surface area contributed by atoms with Crippen LogP contribution in [0.5, 0.6) is 0 Å². The number of rotatable bonds is 5. The van der Waals surface area contributed by atoms with E-state index < -0.39 is 17.5 Å². The molecule has 0 saturated heterocycles. The maximum absolute atomic E-state index is 13.9. The lowest BCUT2D eigenvalue weighted by molar-refractivity contribution is 0.102. The van der Waals surface area contributed by atoms with Crippen LogP contribution in [0.15, 0.2) is 67.0 Å². The molecule has 0 bridgehead atoms. The van der Waals surface area contributed by atoms with Gasteiger partial charge in [-0.1, -0.05) is 28.9 Å². The molecule has 0 saturated carbocycles. The highest BCUT2D eigenvalue weighted by Gasteiger charge is 2.22. The second kappa shape index (κ2) is 7.84. The Bertz CT molecular complexity index is 1160. The van der Waals surface area contributed by atoms with Gasteiger partial charge in [-0.3, -0.25) is 4.79 Å². The van der Waals surface area contributed by atoms with Crippen molar-refractivity contribution in [3.63, 3.8) is 0 Å². The van der Waals surface area contributed by atoms with Gasteiger partial charge in [0.2, 0.25) is 0 Å². The number of benzene rings is 2. The minimum absolute atomic E-state index is 0.0289. The van der Waals surface area contributed by atoms with E-state index >= 15 is 0 Å². The first-order chi connectivity index (χ1) is 14.0. The molecule has 2 heterocycles. The van der Waals surface area contributed by atoms with Crippen molar-refractivity contribution in [3.8, 4) is 5.82 Å². The highest BCUT2D eigenvalue weighted by atomic mass is 35.5. The molecular weight excluding hydrogens is 400 g/mol. The van der Waals surface area contributed by atoms with Crippen LogP contribution in [0, 0.1) is 11.6 Å². The second-order valence-electron chi connectivity index (χ2n) is 6.21. The third-order valence-corrected chi connectivity index (χ3v) is 4.45. The number of hydrogen-bond acceptors (Lipinski definition) is 3. The molecule has 0 radical (unpaired) electrons. The first kappa shape index (κ1) is 18.8. The van der Waals surface area contributed by atoms with Crippen molar-refractivity contribution in [3.05, 3.63) is 94.9 Å². The first-order valence-electron chi connectivity index (χ1n) is 8.59. The van der Waals surface area contributed by atoms with Crippen LogP contribution in [0.25, 0.3) is 5.82 Å². The summed E-state index contributed by atoms with van der Waals surface area (Å²) < 4.78 is 30.5. The zero-order valence-corrected chi connectivity index (χ0v) is 15.6. The smallest absolute Gasteiger partial charge is 0.280 e. The molecule has 4 rings (SSSR count). The molecule has 4 aromatic rings. The van der Waals surface area contributed by atoms with Gasteiger partial charge in [-0.25, -0.2) is 13.5 Å². The van der Waals surface area contributed by atoms with Gasteiger partial charge < -0.3 is 9.88 Å². The minimum Gasteiger partial charge on any atom is -0.318 e. The van der Waals surface area contributed by atoms with Gasteiger partial charge in [-0.15, -0.1) is 5.10 Å². The summed E-state index contributed by atoms with van der Waals surface area (Å²) in [4.78, 5) is 12.8. The standard InChI is InChI=1S/C20H14ClF2N5O/c21-14-5-3-13(4-6-14)12-28-20(27-9-1-2-10-27)18(25-26-28)19(29)24-17-11-15(22)7-8-16(17)23/h1-11H,12H2,(H,24,29).